The van der Waals surface area contributed by atoms with Crippen molar-refractivity contribution >= 4 is 17.0 Å². The second kappa shape index (κ2) is 7.31. The smallest absolute Gasteiger partial charge is 0.240 e. The first-order valence-corrected chi connectivity index (χ1v) is 10.2. The molecule has 1 saturated heterocycles. The lowest BCUT2D eigenvalue weighted by Gasteiger charge is -2.19. The largest absolute Gasteiger partial charge is 0.333 e. The van der Waals surface area contributed by atoms with Crippen molar-refractivity contribution in [1.82, 2.24) is 10.2 Å². The van der Waals surface area contributed by atoms with Gasteiger partial charge in [-0.2, -0.15) is 0 Å². The highest BCUT2D eigenvalue weighted by molar-refractivity contribution is 7.78. The number of nitrogens with one attached hydrogen (secondary N) is 1. The van der Waals surface area contributed by atoms with Crippen molar-refractivity contribution in [3.05, 3.63) is 59.2 Å². The van der Waals surface area contributed by atoms with Gasteiger partial charge in [0.15, 0.2) is 11.1 Å². The van der Waals surface area contributed by atoms with Crippen LogP contribution in [0.4, 0.5) is 0 Å². The maximum absolute atomic E-state index is 12.6. The van der Waals surface area contributed by atoms with Gasteiger partial charge in [-0.3, -0.25) is 4.79 Å². The molecule has 0 bridgehead atoms. The Morgan fingerprint density at radius 2 is 1.85 bits per heavy atom. The highest BCUT2D eigenvalue weighted by Crippen LogP contribution is 2.29. The monoisotopic (exact) mass is 370 g/mol. The lowest BCUT2D eigenvalue weighted by Crippen LogP contribution is -2.40. The minimum Gasteiger partial charge on any atom is -0.333 e. The van der Waals surface area contributed by atoms with Crippen LogP contribution in [-0.4, -0.2) is 32.2 Å². The van der Waals surface area contributed by atoms with Gasteiger partial charge in [0, 0.05) is 13.1 Å². The van der Waals surface area contributed by atoms with E-state index in [1.54, 1.807) is 0 Å². The lowest BCUT2D eigenvalue weighted by atomic mass is 10.00. The molecular weight excluding hydrogens is 348 g/mol. The molecule has 0 spiro atoms. The number of carbonyl (C=O) groups is 1. The van der Waals surface area contributed by atoms with Gasteiger partial charge in [-0.1, -0.05) is 36.4 Å². The average Bonchev–Trinajstić information content (AvgIpc) is 3.30. The van der Waals surface area contributed by atoms with E-state index in [0.29, 0.717) is 13.1 Å². The molecule has 0 radical (unpaired) electrons. The van der Waals surface area contributed by atoms with Gasteiger partial charge in [-0.05, 0) is 53.3 Å². The zero-order chi connectivity index (χ0) is 18.1. The van der Waals surface area contributed by atoms with Crippen LogP contribution in [0.3, 0.4) is 0 Å². The first-order chi connectivity index (χ1) is 12.6. The first-order valence-electron chi connectivity index (χ1n) is 8.91. The average molecular weight is 370 g/mol. The van der Waals surface area contributed by atoms with Crippen LogP contribution in [0.15, 0.2) is 42.5 Å². The Bertz CT molecular complexity index is 845. The van der Waals surface area contributed by atoms with Crippen molar-refractivity contribution in [2.45, 2.75) is 37.7 Å². The second-order valence-corrected chi connectivity index (χ2v) is 7.92. The van der Waals surface area contributed by atoms with E-state index < -0.39 is 11.1 Å². The van der Waals surface area contributed by atoms with Gasteiger partial charge < -0.3 is 14.8 Å². The fraction of sp³-hybridized carbons (Fsp3) is 0.350. The third-order valence-corrected chi connectivity index (χ3v) is 5.76. The molecule has 5 nitrogen and oxygen atoms in total. The van der Waals surface area contributed by atoms with Gasteiger partial charge in [0.1, 0.15) is 0 Å². The van der Waals surface area contributed by atoms with Crippen LogP contribution in [0.5, 0.6) is 0 Å². The molecule has 2 aliphatic rings. The minimum absolute atomic E-state index is 0.0200. The van der Waals surface area contributed by atoms with Crippen LogP contribution in [0, 0.1) is 0 Å². The quantitative estimate of drug-likeness (QED) is 0.812. The maximum atomic E-state index is 12.6. The van der Waals surface area contributed by atoms with E-state index in [1.165, 1.54) is 11.1 Å². The zero-order valence-corrected chi connectivity index (χ0v) is 15.3. The molecule has 4 rings (SSSR count). The topological polar surface area (TPSA) is 69.6 Å². The highest BCUT2D eigenvalue weighted by Gasteiger charge is 2.30. The predicted octanol–water partition coefficient (Wildman–Crippen LogP) is 2.67. The van der Waals surface area contributed by atoms with Gasteiger partial charge in [-0.25, -0.2) is 4.21 Å². The molecule has 0 aromatic heterocycles. The van der Waals surface area contributed by atoms with Crippen LogP contribution >= 0.6 is 0 Å². The molecule has 1 fully saturated rings. The number of nitrogens with zero attached hydrogens (tertiary/aromatic N) is 1. The van der Waals surface area contributed by atoms with Gasteiger partial charge in [0.25, 0.3) is 0 Å². The Morgan fingerprint density at radius 3 is 2.54 bits per heavy atom. The van der Waals surface area contributed by atoms with Crippen molar-refractivity contribution < 1.29 is 13.6 Å². The zero-order valence-electron chi connectivity index (χ0n) is 14.5. The Labute approximate surface area is 155 Å². The molecular formula is C20H22N2O3S. The summed E-state index contributed by atoms with van der Waals surface area (Å²) in [6, 6.07) is 14.1. The Kier molecular flexibility index (Phi) is 4.89. The van der Waals surface area contributed by atoms with E-state index in [4.69, 9.17) is 4.55 Å². The summed E-state index contributed by atoms with van der Waals surface area (Å²) in [6.45, 7) is 2.29. The molecule has 26 heavy (non-hydrogen) atoms. The number of rotatable bonds is 4. The SMILES string of the molecule is O=C([C@@H]1CCCN1)N1Cc2ccc(-c3ccc(CS(=O)O)cc3)cc2C1. The predicted molar refractivity (Wildman–Crippen MR) is 102 cm³/mol. The summed E-state index contributed by atoms with van der Waals surface area (Å²) < 4.78 is 19.9. The molecule has 0 aliphatic carbocycles. The van der Waals surface area contributed by atoms with Crippen molar-refractivity contribution in [2.75, 3.05) is 6.54 Å². The molecule has 2 aliphatic heterocycles. The van der Waals surface area contributed by atoms with E-state index >= 15 is 0 Å². The Morgan fingerprint density at radius 1 is 1.12 bits per heavy atom. The summed E-state index contributed by atoms with van der Waals surface area (Å²) in [5, 5.41) is 3.29. The third-order valence-electron chi connectivity index (χ3n) is 5.18. The van der Waals surface area contributed by atoms with Crippen molar-refractivity contribution in [3.63, 3.8) is 0 Å². The molecule has 1 amide bonds. The van der Waals surface area contributed by atoms with E-state index in [2.05, 4.69) is 23.5 Å². The van der Waals surface area contributed by atoms with Gasteiger partial charge >= 0.3 is 0 Å². The van der Waals surface area contributed by atoms with Crippen LogP contribution in [-0.2, 0) is 34.7 Å². The normalized spacial score (nSPS) is 20.2. The Hall–Kier alpha value is -2.02. The summed E-state index contributed by atoms with van der Waals surface area (Å²) in [4.78, 5) is 14.6. The first kappa shape index (κ1) is 17.4. The Balaban J connectivity index is 1.50. The molecule has 2 aromatic carbocycles. The molecule has 6 heteroatoms. The third kappa shape index (κ3) is 3.58. The van der Waals surface area contributed by atoms with Crippen LogP contribution in [0.2, 0.25) is 0 Å². The molecule has 2 N–H and O–H groups in total. The van der Waals surface area contributed by atoms with Crippen LogP contribution in [0.1, 0.15) is 29.5 Å². The highest BCUT2D eigenvalue weighted by atomic mass is 32.2. The summed E-state index contributed by atoms with van der Waals surface area (Å²) in [5.41, 5.74) is 5.44. The second-order valence-electron chi connectivity index (χ2n) is 6.99. The minimum atomic E-state index is -1.82. The fourth-order valence-corrected chi connectivity index (χ4v) is 4.26. The van der Waals surface area contributed by atoms with E-state index in [1.807, 2.05) is 29.2 Å². The van der Waals surface area contributed by atoms with Gasteiger partial charge in [-0.15, -0.1) is 0 Å². The fourth-order valence-electron chi connectivity index (χ4n) is 3.78. The van der Waals surface area contributed by atoms with Crippen molar-refractivity contribution in [3.8, 4) is 11.1 Å². The number of hydrogen-bond donors (Lipinski definition) is 2. The summed E-state index contributed by atoms with van der Waals surface area (Å²) in [6.07, 6.45) is 2.00. The number of fused-ring (bicyclic) bond motifs is 1. The van der Waals surface area contributed by atoms with E-state index in [0.717, 1.165) is 36.1 Å². The molecule has 0 saturated carbocycles. The molecule has 2 heterocycles. The number of hydrogen-bond acceptors (Lipinski definition) is 3. The summed E-state index contributed by atoms with van der Waals surface area (Å²) in [5.74, 6) is 0.359. The van der Waals surface area contributed by atoms with Gasteiger partial charge in [0.2, 0.25) is 5.91 Å². The van der Waals surface area contributed by atoms with Crippen molar-refractivity contribution in [2.24, 2.45) is 0 Å². The summed E-state index contributed by atoms with van der Waals surface area (Å²) >= 11 is -1.82. The van der Waals surface area contributed by atoms with E-state index in [9.17, 15) is 9.00 Å². The van der Waals surface area contributed by atoms with Gasteiger partial charge in [0.05, 0.1) is 11.8 Å². The summed E-state index contributed by atoms with van der Waals surface area (Å²) in [7, 11) is 0. The lowest BCUT2D eigenvalue weighted by molar-refractivity contribution is -0.133. The van der Waals surface area contributed by atoms with Crippen molar-refractivity contribution in [1.29, 1.82) is 0 Å². The number of benzene rings is 2. The standard InChI is InChI=1S/C20H22N2O3S/c23-20(19-2-1-9-21-19)22-11-17-8-7-16(10-18(17)12-22)15-5-3-14(4-6-15)13-26(24)25/h3-8,10,19,21H,1-2,9,11-13H2,(H,24,25)/t19-/m0/s1. The molecule has 136 valence electrons. The van der Waals surface area contributed by atoms with E-state index in [-0.39, 0.29) is 17.7 Å². The molecule has 1 unspecified atom stereocenters. The number of amides is 1. The number of carbonyl (C=O) groups excluding carboxylic acids is 1. The molecule has 2 atom stereocenters. The maximum Gasteiger partial charge on any atom is 0.240 e. The van der Waals surface area contributed by atoms with Crippen LogP contribution in [0.25, 0.3) is 11.1 Å². The van der Waals surface area contributed by atoms with Crippen LogP contribution < -0.4 is 5.32 Å². The molecule has 2 aromatic rings.